The van der Waals surface area contributed by atoms with Gasteiger partial charge >= 0.3 is 0 Å². The van der Waals surface area contributed by atoms with Crippen LogP contribution in [0.3, 0.4) is 0 Å². The van der Waals surface area contributed by atoms with Gasteiger partial charge in [0.1, 0.15) is 4.88 Å². The van der Waals surface area contributed by atoms with Gasteiger partial charge in [0.25, 0.3) is 5.91 Å². The lowest BCUT2D eigenvalue weighted by Gasteiger charge is -2.26. The number of carbonyl (C=O) groups excluding carboxylic acids is 1. The summed E-state index contributed by atoms with van der Waals surface area (Å²) in [5, 5.41) is 0.712. The average molecular weight is 327 g/mol. The highest BCUT2D eigenvalue weighted by Crippen LogP contribution is 2.27. The second kappa shape index (κ2) is 6.75. The van der Waals surface area contributed by atoms with E-state index in [0.717, 1.165) is 5.56 Å². The van der Waals surface area contributed by atoms with Crippen molar-refractivity contribution in [3.63, 3.8) is 0 Å². The minimum atomic E-state index is -0.0286. The second-order valence-electron chi connectivity index (χ2n) is 5.40. The summed E-state index contributed by atoms with van der Waals surface area (Å²) in [6, 6.07) is 7.57. The molecule has 0 atom stereocenters. The number of pyridine rings is 1. The van der Waals surface area contributed by atoms with E-state index >= 15 is 0 Å². The third-order valence-electron chi connectivity index (χ3n) is 3.41. The van der Waals surface area contributed by atoms with Gasteiger partial charge in [0.15, 0.2) is 10.8 Å². The van der Waals surface area contributed by atoms with Crippen LogP contribution in [-0.2, 0) is 6.54 Å². The topological polar surface area (TPSA) is 59.2 Å². The average Bonchev–Trinajstić information content (AvgIpc) is 3.23. The summed E-state index contributed by atoms with van der Waals surface area (Å²) in [6.07, 6.45) is 6.72. The first-order valence-corrected chi connectivity index (χ1v) is 8.16. The summed E-state index contributed by atoms with van der Waals surface area (Å²) >= 11 is 1.34. The van der Waals surface area contributed by atoms with Crippen LogP contribution in [0.1, 0.15) is 29.1 Å². The Labute approximate surface area is 138 Å². The molecule has 0 saturated heterocycles. The Morgan fingerprint density at radius 2 is 2.17 bits per heavy atom. The van der Waals surface area contributed by atoms with Crippen LogP contribution in [0.4, 0.5) is 0 Å². The van der Waals surface area contributed by atoms with Crippen molar-refractivity contribution in [2.75, 3.05) is 0 Å². The summed E-state index contributed by atoms with van der Waals surface area (Å²) in [6.45, 7) is 4.53. The molecule has 5 nitrogen and oxygen atoms in total. The molecule has 3 heterocycles. The lowest BCUT2D eigenvalue weighted by Crippen LogP contribution is -2.36. The minimum Gasteiger partial charge on any atom is -0.462 e. The maximum absolute atomic E-state index is 12.8. The lowest BCUT2D eigenvalue weighted by atomic mass is 10.2. The zero-order valence-corrected chi connectivity index (χ0v) is 13.8. The zero-order chi connectivity index (χ0) is 16.2. The highest BCUT2D eigenvalue weighted by atomic mass is 32.1. The quantitative estimate of drug-likeness (QED) is 0.714. The number of nitrogens with zero attached hydrogens (tertiary/aromatic N) is 3. The largest absolute Gasteiger partial charge is 0.462 e. The second-order valence-corrected chi connectivity index (χ2v) is 6.43. The van der Waals surface area contributed by atoms with Crippen LogP contribution in [0, 0.1) is 0 Å². The number of rotatable bonds is 5. The van der Waals surface area contributed by atoms with E-state index in [1.807, 2.05) is 36.9 Å². The van der Waals surface area contributed by atoms with Crippen molar-refractivity contribution in [2.45, 2.75) is 26.4 Å². The van der Waals surface area contributed by atoms with Crippen LogP contribution in [0.15, 0.2) is 53.5 Å². The highest BCUT2D eigenvalue weighted by Gasteiger charge is 2.22. The van der Waals surface area contributed by atoms with Crippen molar-refractivity contribution >= 4 is 17.2 Å². The first kappa shape index (κ1) is 15.4. The molecule has 118 valence electrons. The minimum absolute atomic E-state index is 0.0286. The molecule has 0 aromatic carbocycles. The summed E-state index contributed by atoms with van der Waals surface area (Å²) < 4.78 is 5.33. The van der Waals surface area contributed by atoms with Crippen LogP contribution in [0.2, 0.25) is 0 Å². The SMILES string of the molecule is CC(C)N(Cc1cccnc1)C(=O)c1cnc(-c2ccco2)s1. The molecule has 0 bridgehead atoms. The number of hydrogen-bond donors (Lipinski definition) is 0. The molecule has 3 aromatic rings. The van der Waals surface area contributed by atoms with Crippen LogP contribution < -0.4 is 0 Å². The van der Waals surface area contributed by atoms with E-state index in [1.54, 1.807) is 30.9 Å². The van der Waals surface area contributed by atoms with Crippen molar-refractivity contribution in [1.29, 1.82) is 0 Å². The molecular formula is C17H17N3O2S. The molecule has 6 heteroatoms. The molecule has 0 spiro atoms. The van der Waals surface area contributed by atoms with Crippen molar-refractivity contribution in [3.8, 4) is 10.8 Å². The summed E-state index contributed by atoms with van der Waals surface area (Å²) in [7, 11) is 0. The number of furan rings is 1. The van der Waals surface area contributed by atoms with Gasteiger partial charge in [-0.25, -0.2) is 4.98 Å². The molecule has 1 amide bonds. The Morgan fingerprint density at radius 1 is 1.30 bits per heavy atom. The fourth-order valence-corrected chi connectivity index (χ4v) is 3.05. The Morgan fingerprint density at radius 3 is 2.83 bits per heavy atom. The molecule has 0 saturated carbocycles. The fraction of sp³-hybridized carbons (Fsp3) is 0.235. The molecule has 0 fully saturated rings. The molecular weight excluding hydrogens is 310 g/mol. The first-order chi connectivity index (χ1) is 11.1. The van der Waals surface area contributed by atoms with Gasteiger partial charge in [0.2, 0.25) is 0 Å². The third-order valence-corrected chi connectivity index (χ3v) is 4.41. The van der Waals surface area contributed by atoms with E-state index < -0.39 is 0 Å². The summed E-state index contributed by atoms with van der Waals surface area (Å²) in [5.74, 6) is 0.650. The Kier molecular flexibility index (Phi) is 4.52. The standard InChI is InChI=1S/C17H17N3O2S/c1-12(2)20(11-13-5-3-7-18-9-13)17(21)15-10-19-16(23-15)14-6-4-8-22-14/h3-10,12H,11H2,1-2H3. The number of carbonyl (C=O) groups is 1. The number of hydrogen-bond acceptors (Lipinski definition) is 5. The normalized spacial score (nSPS) is 10.9. The van der Waals surface area contributed by atoms with Crippen LogP contribution in [0.5, 0.6) is 0 Å². The maximum Gasteiger partial charge on any atom is 0.266 e. The predicted octanol–water partition coefficient (Wildman–Crippen LogP) is 3.85. The Bertz CT molecular complexity index is 766. The van der Waals surface area contributed by atoms with Crippen molar-refractivity contribution < 1.29 is 9.21 Å². The molecule has 23 heavy (non-hydrogen) atoms. The number of aromatic nitrogens is 2. The van der Waals surface area contributed by atoms with Gasteiger partial charge in [-0.05, 0) is 37.6 Å². The van der Waals surface area contributed by atoms with Crippen LogP contribution >= 0.6 is 11.3 Å². The molecule has 0 unspecified atom stereocenters. The van der Waals surface area contributed by atoms with Crippen molar-refractivity contribution in [3.05, 3.63) is 59.6 Å². The molecule has 3 rings (SSSR count). The van der Waals surface area contributed by atoms with Gasteiger partial charge in [0, 0.05) is 25.0 Å². The van der Waals surface area contributed by atoms with Gasteiger partial charge < -0.3 is 9.32 Å². The van der Waals surface area contributed by atoms with Gasteiger partial charge in [-0.15, -0.1) is 11.3 Å². The predicted molar refractivity (Wildman–Crippen MR) is 89.1 cm³/mol. The first-order valence-electron chi connectivity index (χ1n) is 7.34. The summed E-state index contributed by atoms with van der Waals surface area (Å²) in [4.78, 5) is 23.6. The van der Waals surface area contributed by atoms with E-state index in [2.05, 4.69) is 9.97 Å². The van der Waals surface area contributed by atoms with Crippen molar-refractivity contribution in [1.82, 2.24) is 14.9 Å². The van der Waals surface area contributed by atoms with Gasteiger partial charge in [0.05, 0.1) is 12.5 Å². The number of thiazole rings is 1. The van der Waals surface area contributed by atoms with Gasteiger partial charge in [-0.3, -0.25) is 9.78 Å². The van der Waals surface area contributed by atoms with Crippen LogP contribution in [0.25, 0.3) is 10.8 Å². The molecule has 0 aliphatic heterocycles. The molecule has 0 aliphatic rings. The monoisotopic (exact) mass is 327 g/mol. The van der Waals surface area contributed by atoms with Gasteiger partial charge in [-0.2, -0.15) is 0 Å². The molecule has 0 radical (unpaired) electrons. The lowest BCUT2D eigenvalue weighted by molar-refractivity contribution is 0.0695. The van der Waals surface area contributed by atoms with E-state index in [1.165, 1.54) is 11.3 Å². The van der Waals surface area contributed by atoms with Crippen molar-refractivity contribution in [2.24, 2.45) is 0 Å². The van der Waals surface area contributed by atoms with E-state index in [4.69, 9.17) is 4.42 Å². The third kappa shape index (κ3) is 3.48. The Hall–Kier alpha value is -2.47. The fourth-order valence-electron chi connectivity index (χ4n) is 2.21. The molecule has 3 aromatic heterocycles. The van der Waals surface area contributed by atoms with E-state index in [9.17, 15) is 4.79 Å². The molecule has 0 aliphatic carbocycles. The smallest absolute Gasteiger partial charge is 0.266 e. The van der Waals surface area contributed by atoms with Gasteiger partial charge in [-0.1, -0.05) is 6.07 Å². The highest BCUT2D eigenvalue weighted by molar-refractivity contribution is 7.16. The zero-order valence-electron chi connectivity index (χ0n) is 13.0. The van der Waals surface area contributed by atoms with E-state index in [0.29, 0.717) is 22.2 Å². The maximum atomic E-state index is 12.8. The summed E-state index contributed by atoms with van der Waals surface area (Å²) in [5.41, 5.74) is 1.00. The van der Waals surface area contributed by atoms with Crippen LogP contribution in [-0.4, -0.2) is 26.8 Å². The van der Waals surface area contributed by atoms with E-state index in [-0.39, 0.29) is 11.9 Å². The Balaban J connectivity index is 1.81. The number of amides is 1. The molecule has 0 N–H and O–H groups in total.